The summed E-state index contributed by atoms with van der Waals surface area (Å²) >= 11 is 1.35. The van der Waals surface area contributed by atoms with Gasteiger partial charge in [0.05, 0.1) is 5.97 Å². The fourth-order valence-corrected chi connectivity index (χ4v) is 1.54. The number of carboxylic acids is 1. The number of carbonyl (C=O) groups excluding carboxylic acids is 1. The smallest absolute Gasteiger partial charge is 0.549 e. The Labute approximate surface area is 110 Å². The second-order valence-electron chi connectivity index (χ2n) is 2.63. The fraction of sp³-hybridized carbons (Fsp3) is 0.333. The number of carboxylic acid groups (broad SMARTS) is 1. The molecule has 0 radical (unpaired) electrons. The summed E-state index contributed by atoms with van der Waals surface area (Å²) in [6.07, 6.45) is 3.39. The molecule has 0 spiro atoms. The normalized spacial score (nSPS) is 11.5. The van der Waals surface area contributed by atoms with Gasteiger partial charge in [0.2, 0.25) is 0 Å². The van der Waals surface area contributed by atoms with Crippen molar-refractivity contribution in [3.63, 3.8) is 0 Å². The summed E-state index contributed by atoms with van der Waals surface area (Å²) < 4.78 is 0. The minimum atomic E-state index is -1.01. The van der Waals surface area contributed by atoms with Gasteiger partial charge in [0, 0.05) is 23.4 Å². The van der Waals surface area contributed by atoms with Gasteiger partial charge in [0.25, 0.3) is 0 Å². The number of aliphatic carboxylic acids is 1. The van der Waals surface area contributed by atoms with Crippen LogP contribution in [0.5, 0.6) is 0 Å². The topological polar surface area (TPSA) is 53.0 Å². The van der Waals surface area contributed by atoms with E-state index in [1.165, 1.54) is 11.8 Å². The zero-order valence-corrected chi connectivity index (χ0v) is 11.1. The maximum atomic E-state index is 10.4. The Balaban J connectivity index is 0.00000169. The second-order valence-corrected chi connectivity index (χ2v) is 3.96. The van der Waals surface area contributed by atoms with E-state index in [1.807, 2.05) is 12.1 Å². The molecule has 14 heavy (non-hydrogen) atoms. The molecule has 1 atom stereocenters. The number of pyridine rings is 1. The van der Waals surface area contributed by atoms with E-state index in [2.05, 4.69) is 4.98 Å². The summed E-state index contributed by atoms with van der Waals surface area (Å²) in [6.45, 7) is 1.63. The summed E-state index contributed by atoms with van der Waals surface area (Å²) in [6, 6.07) is 3.74. The van der Waals surface area contributed by atoms with E-state index in [0.717, 1.165) is 5.56 Å². The molecule has 0 saturated heterocycles. The van der Waals surface area contributed by atoms with Gasteiger partial charge in [-0.25, -0.2) is 0 Å². The average molecular weight is 219 g/mol. The van der Waals surface area contributed by atoms with Crippen molar-refractivity contribution in [2.24, 2.45) is 0 Å². The van der Waals surface area contributed by atoms with Gasteiger partial charge in [-0.3, -0.25) is 4.98 Å². The van der Waals surface area contributed by atoms with Crippen LogP contribution >= 0.6 is 11.8 Å². The first kappa shape index (κ1) is 14.0. The Morgan fingerprint density at radius 3 is 2.64 bits per heavy atom. The van der Waals surface area contributed by atoms with Crippen LogP contribution in [-0.2, 0) is 10.5 Å². The van der Waals surface area contributed by atoms with Crippen LogP contribution in [0.4, 0.5) is 0 Å². The molecule has 0 amide bonds. The molecule has 0 aromatic carbocycles. The Hall–Kier alpha value is -0.0300. The molecule has 0 aliphatic heterocycles. The molecule has 1 unspecified atom stereocenters. The molecule has 1 heterocycles. The Morgan fingerprint density at radius 1 is 1.57 bits per heavy atom. The van der Waals surface area contributed by atoms with Gasteiger partial charge in [0.1, 0.15) is 0 Å². The number of carbonyl (C=O) groups is 1. The molecule has 1 aromatic rings. The first-order chi connectivity index (χ1) is 6.20. The van der Waals surface area contributed by atoms with Gasteiger partial charge >= 0.3 is 29.6 Å². The van der Waals surface area contributed by atoms with Crippen LogP contribution in [0.1, 0.15) is 12.5 Å². The minimum Gasteiger partial charge on any atom is -0.549 e. The predicted octanol–water partition coefficient (Wildman–Crippen LogP) is -2.54. The molecule has 0 saturated carbocycles. The molecule has 0 aliphatic rings. The van der Waals surface area contributed by atoms with Crippen molar-refractivity contribution in [1.29, 1.82) is 0 Å². The molecule has 1 aromatic heterocycles. The number of thioether (sulfide) groups is 1. The molecular formula is C9H10NNaO2S. The molecule has 70 valence electrons. The largest absolute Gasteiger partial charge is 1.00 e. The first-order valence-electron chi connectivity index (χ1n) is 3.91. The van der Waals surface area contributed by atoms with E-state index < -0.39 is 11.2 Å². The Kier molecular flexibility index (Phi) is 7.27. The van der Waals surface area contributed by atoms with Gasteiger partial charge in [0.15, 0.2) is 0 Å². The summed E-state index contributed by atoms with van der Waals surface area (Å²) in [5.74, 6) is -0.337. The van der Waals surface area contributed by atoms with Gasteiger partial charge in [-0.2, -0.15) is 0 Å². The van der Waals surface area contributed by atoms with Crippen LogP contribution in [0.15, 0.2) is 24.5 Å². The van der Waals surface area contributed by atoms with Crippen LogP contribution < -0.4 is 34.7 Å². The van der Waals surface area contributed by atoms with E-state index >= 15 is 0 Å². The quantitative estimate of drug-likeness (QED) is 0.523. The third-order valence-electron chi connectivity index (χ3n) is 1.58. The van der Waals surface area contributed by atoms with Crippen molar-refractivity contribution in [1.82, 2.24) is 4.98 Å². The van der Waals surface area contributed by atoms with E-state index in [1.54, 1.807) is 19.3 Å². The van der Waals surface area contributed by atoms with Gasteiger partial charge in [-0.05, 0) is 24.6 Å². The Morgan fingerprint density at radius 2 is 2.14 bits per heavy atom. The molecule has 3 nitrogen and oxygen atoms in total. The van der Waals surface area contributed by atoms with E-state index in [0.29, 0.717) is 5.75 Å². The SMILES string of the molecule is CC(SCc1ccncc1)C(=O)[O-].[Na+]. The summed E-state index contributed by atoms with van der Waals surface area (Å²) in [5.41, 5.74) is 1.08. The third kappa shape index (κ3) is 5.00. The van der Waals surface area contributed by atoms with E-state index in [9.17, 15) is 9.90 Å². The molecule has 0 N–H and O–H groups in total. The number of hydrogen-bond donors (Lipinski definition) is 0. The Bertz CT molecular complexity index is 281. The van der Waals surface area contributed by atoms with Crippen molar-refractivity contribution >= 4 is 17.7 Å². The van der Waals surface area contributed by atoms with Crippen molar-refractivity contribution in [2.45, 2.75) is 17.9 Å². The van der Waals surface area contributed by atoms with Crippen molar-refractivity contribution in [2.75, 3.05) is 0 Å². The van der Waals surface area contributed by atoms with E-state index in [4.69, 9.17) is 0 Å². The second kappa shape index (κ2) is 7.29. The molecule has 0 aliphatic carbocycles. The third-order valence-corrected chi connectivity index (χ3v) is 2.77. The van der Waals surface area contributed by atoms with Gasteiger partial charge in [-0.1, -0.05) is 0 Å². The zero-order chi connectivity index (χ0) is 9.68. The molecule has 1 rings (SSSR count). The summed E-state index contributed by atoms with van der Waals surface area (Å²) in [4.78, 5) is 14.2. The molecule has 0 bridgehead atoms. The summed E-state index contributed by atoms with van der Waals surface area (Å²) in [7, 11) is 0. The predicted molar refractivity (Wildman–Crippen MR) is 50.0 cm³/mol. The van der Waals surface area contributed by atoms with Gasteiger partial charge < -0.3 is 9.90 Å². The number of hydrogen-bond acceptors (Lipinski definition) is 4. The monoisotopic (exact) mass is 219 g/mol. The molecule has 5 heteroatoms. The van der Waals surface area contributed by atoms with Crippen LogP contribution in [0.25, 0.3) is 0 Å². The fourth-order valence-electron chi connectivity index (χ4n) is 0.768. The molecule has 0 fully saturated rings. The number of rotatable bonds is 4. The van der Waals surface area contributed by atoms with Crippen molar-refractivity contribution < 1.29 is 39.5 Å². The zero-order valence-electron chi connectivity index (χ0n) is 8.27. The molecular weight excluding hydrogens is 209 g/mol. The van der Waals surface area contributed by atoms with Crippen LogP contribution in [0.3, 0.4) is 0 Å². The standard InChI is InChI=1S/C9H11NO2S.Na/c1-7(9(11)12)13-6-8-2-4-10-5-3-8;/h2-5,7H,6H2,1H3,(H,11,12);/q;+1/p-1. The van der Waals surface area contributed by atoms with Gasteiger partial charge in [-0.15, -0.1) is 11.8 Å². The number of aromatic nitrogens is 1. The average Bonchev–Trinajstić information content (AvgIpc) is 2.15. The van der Waals surface area contributed by atoms with E-state index in [-0.39, 0.29) is 29.6 Å². The summed E-state index contributed by atoms with van der Waals surface area (Å²) in [5, 5.41) is 9.91. The number of nitrogens with zero attached hydrogens (tertiary/aromatic N) is 1. The van der Waals surface area contributed by atoms with Crippen LogP contribution in [-0.4, -0.2) is 16.2 Å². The van der Waals surface area contributed by atoms with Crippen molar-refractivity contribution in [3.05, 3.63) is 30.1 Å². The maximum Gasteiger partial charge on any atom is 1.00 e. The van der Waals surface area contributed by atoms with Crippen molar-refractivity contribution in [3.8, 4) is 0 Å². The first-order valence-corrected chi connectivity index (χ1v) is 4.96. The van der Waals surface area contributed by atoms with Crippen LogP contribution in [0, 0.1) is 0 Å². The maximum absolute atomic E-state index is 10.4. The minimum absolute atomic E-state index is 0. The van der Waals surface area contributed by atoms with Crippen LogP contribution in [0.2, 0.25) is 0 Å².